The summed E-state index contributed by atoms with van der Waals surface area (Å²) in [4.78, 5) is 0.727. The van der Waals surface area contributed by atoms with Crippen molar-refractivity contribution in [3.05, 3.63) is 0 Å². The van der Waals surface area contributed by atoms with Crippen LogP contribution in [-0.4, -0.2) is 42.9 Å². The van der Waals surface area contributed by atoms with E-state index in [1.807, 2.05) is 0 Å². The highest BCUT2D eigenvalue weighted by atomic mass is 19.4. The Morgan fingerprint density at radius 3 is 1.76 bits per heavy atom. The van der Waals surface area contributed by atoms with Crippen LogP contribution < -0.4 is 5.73 Å². The van der Waals surface area contributed by atoms with Crippen molar-refractivity contribution in [2.75, 3.05) is 19.6 Å². The molecule has 8 heteroatoms. The first kappa shape index (κ1) is 16.5. The van der Waals surface area contributed by atoms with Gasteiger partial charge in [-0.3, -0.25) is 4.90 Å². The van der Waals surface area contributed by atoms with Gasteiger partial charge in [0.25, 0.3) is 0 Å². The Morgan fingerprint density at radius 1 is 1.06 bits per heavy atom. The number of hydrogen-bond acceptors (Lipinski definition) is 2. The maximum absolute atomic E-state index is 12.4. The average Bonchev–Trinajstić information content (AvgIpc) is 2.07. The van der Waals surface area contributed by atoms with Crippen LogP contribution in [0.1, 0.15) is 13.8 Å². The van der Waals surface area contributed by atoms with E-state index >= 15 is 0 Å². The van der Waals surface area contributed by atoms with Crippen molar-refractivity contribution >= 4 is 0 Å². The molecule has 0 aliphatic carbocycles. The minimum atomic E-state index is -4.58. The van der Waals surface area contributed by atoms with E-state index < -0.39 is 43.9 Å². The molecule has 0 aromatic heterocycles. The molecule has 1 unspecified atom stereocenters. The van der Waals surface area contributed by atoms with Gasteiger partial charge in [-0.25, -0.2) is 0 Å². The van der Waals surface area contributed by atoms with Crippen molar-refractivity contribution in [2.45, 2.75) is 32.2 Å². The summed E-state index contributed by atoms with van der Waals surface area (Å²) in [6, 6.07) is -0.631. The zero-order valence-corrected chi connectivity index (χ0v) is 9.57. The molecular formula is C9H16F6N2. The third-order valence-corrected chi connectivity index (χ3v) is 2.31. The highest BCUT2D eigenvalue weighted by Gasteiger charge is 2.41. The molecule has 0 aliphatic rings. The second kappa shape index (κ2) is 5.90. The van der Waals surface area contributed by atoms with E-state index in [1.165, 1.54) is 13.8 Å². The van der Waals surface area contributed by atoms with Crippen molar-refractivity contribution in [2.24, 2.45) is 11.7 Å². The third-order valence-electron chi connectivity index (χ3n) is 2.31. The van der Waals surface area contributed by atoms with Gasteiger partial charge in [-0.1, -0.05) is 0 Å². The lowest BCUT2D eigenvalue weighted by Crippen LogP contribution is -2.46. The lowest BCUT2D eigenvalue weighted by atomic mass is 10.1. The van der Waals surface area contributed by atoms with E-state index in [-0.39, 0.29) is 0 Å². The van der Waals surface area contributed by atoms with Gasteiger partial charge < -0.3 is 5.73 Å². The van der Waals surface area contributed by atoms with Crippen LogP contribution in [0.3, 0.4) is 0 Å². The van der Waals surface area contributed by atoms with Gasteiger partial charge in [0, 0.05) is 19.1 Å². The van der Waals surface area contributed by atoms with Gasteiger partial charge in [0.1, 0.15) is 0 Å². The highest BCUT2D eigenvalue weighted by molar-refractivity contribution is 4.76. The van der Waals surface area contributed by atoms with Crippen LogP contribution in [0.15, 0.2) is 0 Å². The Hall–Kier alpha value is -0.500. The first-order chi connectivity index (χ1) is 7.47. The fraction of sp³-hybridized carbons (Fsp3) is 1.00. The lowest BCUT2D eigenvalue weighted by Gasteiger charge is -2.31. The lowest BCUT2D eigenvalue weighted by molar-refractivity contribution is -0.189. The topological polar surface area (TPSA) is 29.3 Å². The van der Waals surface area contributed by atoms with E-state index in [1.54, 1.807) is 0 Å². The zero-order valence-electron chi connectivity index (χ0n) is 9.57. The Morgan fingerprint density at radius 2 is 1.53 bits per heavy atom. The molecule has 17 heavy (non-hydrogen) atoms. The molecule has 0 heterocycles. The number of alkyl halides is 6. The van der Waals surface area contributed by atoms with Crippen molar-refractivity contribution < 1.29 is 26.3 Å². The average molecular weight is 266 g/mol. The van der Waals surface area contributed by atoms with Crippen LogP contribution in [0.2, 0.25) is 0 Å². The van der Waals surface area contributed by atoms with E-state index in [0.717, 1.165) is 4.90 Å². The van der Waals surface area contributed by atoms with Crippen molar-refractivity contribution in [1.82, 2.24) is 4.90 Å². The van der Waals surface area contributed by atoms with E-state index in [2.05, 4.69) is 0 Å². The van der Waals surface area contributed by atoms with Crippen LogP contribution in [0.25, 0.3) is 0 Å². The Kier molecular flexibility index (Phi) is 5.73. The molecular weight excluding hydrogens is 250 g/mol. The van der Waals surface area contributed by atoms with Crippen LogP contribution in [0.5, 0.6) is 0 Å². The van der Waals surface area contributed by atoms with E-state index in [9.17, 15) is 26.3 Å². The molecule has 0 amide bonds. The molecule has 104 valence electrons. The molecule has 0 aromatic rings. The molecule has 2 N–H and O–H groups in total. The molecule has 0 aromatic carbocycles. The predicted molar refractivity (Wildman–Crippen MR) is 51.4 cm³/mol. The van der Waals surface area contributed by atoms with Crippen LogP contribution >= 0.6 is 0 Å². The molecule has 0 radical (unpaired) electrons. The van der Waals surface area contributed by atoms with Gasteiger partial charge >= 0.3 is 12.4 Å². The predicted octanol–water partition coefficient (Wildman–Crippen LogP) is 2.40. The number of hydrogen-bond donors (Lipinski definition) is 1. The highest BCUT2D eigenvalue weighted by Crippen LogP contribution is 2.28. The minimum absolute atomic E-state index is 0.631. The second-order valence-electron chi connectivity index (χ2n) is 4.11. The summed E-state index contributed by atoms with van der Waals surface area (Å²) < 4.78 is 73.7. The normalized spacial score (nSPS) is 15.7. The van der Waals surface area contributed by atoms with Gasteiger partial charge in [-0.05, 0) is 13.8 Å². The largest absolute Gasteiger partial charge is 0.401 e. The first-order valence-corrected chi connectivity index (χ1v) is 5.05. The number of halogens is 6. The molecule has 0 aliphatic heterocycles. The summed E-state index contributed by atoms with van der Waals surface area (Å²) in [6.45, 7) is 0.00435. The molecule has 0 saturated carbocycles. The molecule has 0 bridgehead atoms. The number of nitrogens with zero attached hydrogens (tertiary/aromatic N) is 1. The van der Waals surface area contributed by atoms with Crippen LogP contribution in [0.4, 0.5) is 26.3 Å². The van der Waals surface area contributed by atoms with Gasteiger partial charge in [0.15, 0.2) is 0 Å². The Labute approximate surface area is 95.8 Å². The molecule has 0 rings (SSSR count). The summed E-state index contributed by atoms with van der Waals surface area (Å²) in [5, 5.41) is 0. The molecule has 0 spiro atoms. The van der Waals surface area contributed by atoms with Crippen LogP contribution in [0, 0.1) is 5.92 Å². The maximum Gasteiger partial charge on any atom is 0.401 e. The summed E-state index contributed by atoms with van der Waals surface area (Å²) in [5.74, 6) is -1.94. The SMILES string of the molecule is CC(C)N(CC(CN)C(F)(F)F)CC(F)(F)F. The van der Waals surface area contributed by atoms with Gasteiger partial charge in [-0.15, -0.1) is 0 Å². The molecule has 0 fully saturated rings. The zero-order chi connectivity index (χ0) is 13.9. The van der Waals surface area contributed by atoms with E-state index in [4.69, 9.17) is 5.73 Å². The monoisotopic (exact) mass is 266 g/mol. The first-order valence-electron chi connectivity index (χ1n) is 5.05. The third kappa shape index (κ3) is 6.72. The quantitative estimate of drug-likeness (QED) is 0.774. The smallest absolute Gasteiger partial charge is 0.330 e. The van der Waals surface area contributed by atoms with Gasteiger partial charge in [0.2, 0.25) is 0 Å². The number of rotatable bonds is 5. The summed E-state index contributed by atoms with van der Waals surface area (Å²) in [7, 11) is 0. The minimum Gasteiger partial charge on any atom is -0.330 e. The fourth-order valence-electron chi connectivity index (χ4n) is 1.28. The fourth-order valence-corrected chi connectivity index (χ4v) is 1.28. The Balaban J connectivity index is 4.64. The van der Waals surface area contributed by atoms with Gasteiger partial charge in [0.05, 0.1) is 12.5 Å². The van der Waals surface area contributed by atoms with Crippen LogP contribution in [-0.2, 0) is 0 Å². The molecule has 0 saturated heterocycles. The van der Waals surface area contributed by atoms with Gasteiger partial charge in [-0.2, -0.15) is 26.3 Å². The van der Waals surface area contributed by atoms with Crippen molar-refractivity contribution in [3.8, 4) is 0 Å². The van der Waals surface area contributed by atoms with E-state index in [0.29, 0.717) is 0 Å². The second-order valence-corrected chi connectivity index (χ2v) is 4.11. The number of nitrogens with two attached hydrogens (primary N) is 1. The molecule has 1 atom stereocenters. The van der Waals surface area contributed by atoms with Crippen molar-refractivity contribution in [3.63, 3.8) is 0 Å². The summed E-state index contributed by atoms with van der Waals surface area (Å²) in [5.41, 5.74) is 4.94. The maximum atomic E-state index is 12.4. The Bertz CT molecular complexity index is 223. The summed E-state index contributed by atoms with van der Waals surface area (Å²) >= 11 is 0. The van der Waals surface area contributed by atoms with Crippen molar-refractivity contribution in [1.29, 1.82) is 0 Å². The molecule has 2 nitrogen and oxygen atoms in total. The summed E-state index contributed by atoms with van der Waals surface area (Å²) in [6.07, 6.45) is -9.09. The standard InChI is InChI=1S/C9H16F6N2/c1-6(2)17(5-8(10,11)12)4-7(3-16)9(13,14)15/h6-7H,3-5,16H2,1-2H3.